The number of fused-ring (bicyclic) bond motifs is 1. The maximum atomic E-state index is 5.50. The van der Waals surface area contributed by atoms with E-state index >= 15 is 0 Å². The molecule has 0 bridgehead atoms. The predicted octanol–water partition coefficient (Wildman–Crippen LogP) is 1.60. The molecule has 1 aliphatic rings. The first-order chi connectivity index (χ1) is 6.86. The van der Waals surface area contributed by atoms with Gasteiger partial charge in [0, 0.05) is 23.7 Å². The maximum Gasteiger partial charge on any atom is 0.145 e. The second-order valence-electron chi connectivity index (χ2n) is 3.73. The summed E-state index contributed by atoms with van der Waals surface area (Å²) in [6, 6.07) is 2.02. The van der Waals surface area contributed by atoms with Crippen LogP contribution in [-0.2, 0) is 4.74 Å². The Labute approximate surface area is 81.5 Å². The third kappa shape index (κ3) is 0.974. The van der Waals surface area contributed by atoms with Crippen LogP contribution in [0.4, 0.5) is 0 Å². The number of hydrogen-bond acceptors (Lipinski definition) is 3. The molecule has 0 N–H and O–H groups in total. The summed E-state index contributed by atoms with van der Waals surface area (Å²) in [6.45, 7) is 3.02. The maximum absolute atomic E-state index is 5.50. The van der Waals surface area contributed by atoms with Crippen molar-refractivity contribution in [1.82, 2.24) is 14.5 Å². The standard InChI is InChI=1S/C10H11N3O/c1-7-5-14-10(7)13-3-2-8-4-11-6-12-9(8)13/h2-4,6-7,10H,5H2,1H3. The fraction of sp³-hybridized carbons (Fsp3) is 0.400. The highest BCUT2D eigenvalue weighted by atomic mass is 16.5. The van der Waals surface area contributed by atoms with Crippen LogP contribution in [0.15, 0.2) is 24.8 Å². The molecular weight excluding hydrogens is 178 g/mol. The van der Waals surface area contributed by atoms with Crippen molar-refractivity contribution in [3.63, 3.8) is 0 Å². The molecule has 2 unspecified atom stereocenters. The molecule has 0 amide bonds. The monoisotopic (exact) mass is 189 g/mol. The highest BCUT2D eigenvalue weighted by molar-refractivity contribution is 5.74. The smallest absolute Gasteiger partial charge is 0.145 e. The summed E-state index contributed by atoms with van der Waals surface area (Å²) in [6.07, 6.45) is 5.56. The summed E-state index contributed by atoms with van der Waals surface area (Å²) in [5.74, 6) is 0.570. The first kappa shape index (κ1) is 7.94. The number of aromatic nitrogens is 3. The molecule has 3 heterocycles. The molecule has 0 saturated carbocycles. The summed E-state index contributed by atoms with van der Waals surface area (Å²) in [4.78, 5) is 8.23. The molecule has 1 aliphatic heterocycles. The van der Waals surface area contributed by atoms with E-state index in [9.17, 15) is 0 Å². The van der Waals surface area contributed by atoms with Gasteiger partial charge in [0.05, 0.1) is 6.61 Å². The van der Waals surface area contributed by atoms with Crippen molar-refractivity contribution >= 4 is 11.0 Å². The molecule has 4 nitrogen and oxygen atoms in total. The summed E-state index contributed by atoms with van der Waals surface area (Å²) in [5, 5.41) is 1.07. The van der Waals surface area contributed by atoms with Gasteiger partial charge in [0.2, 0.25) is 0 Å². The highest BCUT2D eigenvalue weighted by Crippen LogP contribution is 2.32. The Morgan fingerprint density at radius 2 is 2.50 bits per heavy atom. The molecule has 0 aliphatic carbocycles. The van der Waals surface area contributed by atoms with Crippen LogP contribution < -0.4 is 0 Å². The van der Waals surface area contributed by atoms with E-state index in [0.29, 0.717) is 5.92 Å². The van der Waals surface area contributed by atoms with Gasteiger partial charge in [0.15, 0.2) is 0 Å². The molecule has 1 fully saturated rings. The fourth-order valence-electron chi connectivity index (χ4n) is 1.83. The largest absolute Gasteiger partial charge is 0.357 e. The second kappa shape index (κ2) is 2.78. The normalized spacial score (nSPS) is 26.4. The van der Waals surface area contributed by atoms with Crippen molar-refractivity contribution in [2.45, 2.75) is 13.2 Å². The lowest BCUT2D eigenvalue weighted by molar-refractivity contribution is -0.150. The van der Waals surface area contributed by atoms with Crippen molar-refractivity contribution in [1.29, 1.82) is 0 Å². The average Bonchev–Trinajstić information content (AvgIpc) is 2.60. The zero-order valence-corrected chi connectivity index (χ0v) is 7.92. The molecule has 2 aromatic heterocycles. The van der Waals surface area contributed by atoms with Crippen LogP contribution in [0.2, 0.25) is 0 Å². The minimum absolute atomic E-state index is 0.155. The van der Waals surface area contributed by atoms with Gasteiger partial charge in [-0.15, -0.1) is 0 Å². The van der Waals surface area contributed by atoms with Gasteiger partial charge < -0.3 is 9.30 Å². The zero-order chi connectivity index (χ0) is 9.54. The van der Waals surface area contributed by atoms with Crippen molar-refractivity contribution in [2.75, 3.05) is 6.61 Å². The van der Waals surface area contributed by atoms with E-state index in [1.807, 2.05) is 18.5 Å². The van der Waals surface area contributed by atoms with E-state index in [1.165, 1.54) is 0 Å². The molecule has 3 rings (SSSR count). The Balaban J connectivity index is 2.12. The lowest BCUT2D eigenvalue weighted by Gasteiger charge is -2.35. The summed E-state index contributed by atoms with van der Waals surface area (Å²) >= 11 is 0. The molecule has 0 aromatic carbocycles. The van der Waals surface area contributed by atoms with Crippen LogP contribution >= 0.6 is 0 Å². The lowest BCUT2D eigenvalue weighted by Crippen LogP contribution is -2.34. The van der Waals surface area contributed by atoms with Crippen LogP contribution in [0.25, 0.3) is 11.0 Å². The van der Waals surface area contributed by atoms with Gasteiger partial charge in [0.25, 0.3) is 0 Å². The Hall–Kier alpha value is -1.42. The average molecular weight is 189 g/mol. The van der Waals surface area contributed by atoms with Gasteiger partial charge in [-0.1, -0.05) is 6.92 Å². The quantitative estimate of drug-likeness (QED) is 0.684. The molecule has 72 valence electrons. The highest BCUT2D eigenvalue weighted by Gasteiger charge is 2.30. The van der Waals surface area contributed by atoms with Gasteiger partial charge >= 0.3 is 0 Å². The number of ether oxygens (including phenoxy) is 1. The molecular formula is C10H11N3O. The van der Waals surface area contributed by atoms with Gasteiger partial charge in [-0.05, 0) is 6.07 Å². The predicted molar refractivity (Wildman–Crippen MR) is 51.7 cm³/mol. The number of rotatable bonds is 1. The number of nitrogens with zero attached hydrogens (tertiary/aromatic N) is 3. The van der Waals surface area contributed by atoms with Crippen LogP contribution in [0, 0.1) is 5.92 Å². The fourth-order valence-corrected chi connectivity index (χ4v) is 1.83. The van der Waals surface area contributed by atoms with E-state index in [1.54, 1.807) is 6.33 Å². The Morgan fingerprint density at radius 3 is 3.21 bits per heavy atom. The topological polar surface area (TPSA) is 39.9 Å². The second-order valence-corrected chi connectivity index (χ2v) is 3.73. The first-order valence-corrected chi connectivity index (χ1v) is 4.74. The van der Waals surface area contributed by atoms with E-state index in [0.717, 1.165) is 17.6 Å². The molecule has 4 heteroatoms. The zero-order valence-electron chi connectivity index (χ0n) is 7.92. The van der Waals surface area contributed by atoms with Crippen molar-refractivity contribution in [3.05, 3.63) is 24.8 Å². The lowest BCUT2D eigenvalue weighted by atomic mass is 10.1. The SMILES string of the molecule is CC1COC1n1ccc2cncnc21. The van der Waals surface area contributed by atoms with Crippen molar-refractivity contribution < 1.29 is 4.74 Å². The van der Waals surface area contributed by atoms with Crippen LogP contribution in [-0.4, -0.2) is 21.1 Å². The molecule has 0 spiro atoms. The first-order valence-electron chi connectivity index (χ1n) is 4.74. The van der Waals surface area contributed by atoms with E-state index in [4.69, 9.17) is 4.74 Å². The van der Waals surface area contributed by atoms with Gasteiger partial charge in [-0.25, -0.2) is 9.97 Å². The minimum Gasteiger partial charge on any atom is -0.357 e. The molecule has 2 atom stereocenters. The minimum atomic E-state index is 0.155. The van der Waals surface area contributed by atoms with Crippen molar-refractivity contribution in [3.8, 4) is 0 Å². The third-order valence-corrected chi connectivity index (χ3v) is 2.67. The molecule has 14 heavy (non-hydrogen) atoms. The van der Waals surface area contributed by atoms with Crippen LogP contribution in [0.3, 0.4) is 0 Å². The van der Waals surface area contributed by atoms with Crippen LogP contribution in [0.1, 0.15) is 13.2 Å². The van der Waals surface area contributed by atoms with Gasteiger partial charge in [-0.3, -0.25) is 0 Å². The third-order valence-electron chi connectivity index (χ3n) is 2.67. The molecule has 2 aromatic rings. The Morgan fingerprint density at radius 1 is 1.57 bits per heavy atom. The Kier molecular flexibility index (Phi) is 1.58. The molecule has 0 radical (unpaired) electrons. The van der Waals surface area contributed by atoms with Crippen molar-refractivity contribution in [2.24, 2.45) is 5.92 Å². The molecule has 1 saturated heterocycles. The van der Waals surface area contributed by atoms with E-state index in [-0.39, 0.29) is 6.23 Å². The Bertz CT molecular complexity index is 465. The van der Waals surface area contributed by atoms with Crippen LogP contribution in [0.5, 0.6) is 0 Å². The van der Waals surface area contributed by atoms with Gasteiger partial charge in [-0.2, -0.15) is 0 Å². The van der Waals surface area contributed by atoms with E-state index in [2.05, 4.69) is 21.5 Å². The summed E-state index contributed by atoms with van der Waals surface area (Å²) in [5.41, 5.74) is 0.955. The summed E-state index contributed by atoms with van der Waals surface area (Å²) < 4.78 is 7.57. The summed E-state index contributed by atoms with van der Waals surface area (Å²) in [7, 11) is 0. The van der Waals surface area contributed by atoms with E-state index < -0.39 is 0 Å². The van der Waals surface area contributed by atoms with Gasteiger partial charge in [0.1, 0.15) is 18.2 Å². The number of hydrogen-bond donors (Lipinski definition) is 0.